The number of rotatable bonds is 7. The monoisotopic (exact) mass is 283 g/mol. The van der Waals surface area contributed by atoms with E-state index in [1.165, 1.54) is 51.4 Å². The Balaban J connectivity index is 1.81. The van der Waals surface area contributed by atoms with Crippen molar-refractivity contribution in [3.63, 3.8) is 0 Å². The summed E-state index contributed by atoms with van der Waals surface area (Å²) in [7, 11) is 0. The van der Waals surface area contributed by atoms with Crippen molar-refractivity contribution in [2.24, 2.45) is 5.92 Å². The van der Waals surface area contributed by atoms with Gasteiger partial charge in [-0.05, 0) is 63.8 Å². The lowest BCUT2D eigenvalue weighted by Gasteiger charge is -2.40. The van der Waals surface area contributed by atoms with E-state index in [0.29, 0.717) is 6.10 Å². The summed E-state index contributed by atoms with van der Waals surface area (Å²) >= 11 is 0. The van der Waals surface area contributed by atoms with E-state index in [1.807, 2.05) is 0 Å². The topological polar surface area (TPSA) is 30.5 Å². The van der Waals surface area contributed by atoms with E-state index in [4.69, 9.17) is 9.47 Å². The Labute approximate surface area is 124 Å². The van der Waals surface area contributed by atoms with Crippen LogP contribution in [0.15, 0.2) is 0 Å². The van der Waals surface area contributed by atoms with Crippen LogP contribution < -0.4 is 5.32 Å². The molecule has 0 amide bonds. The first-order valence-electron chi connectivity index (χ1n) is 8.70. The molecule has 0 bridgehead atoms. The van der Waals surface area contributed by atoms with Crippen LogP contribution in [0.2, 0.25) is 0 Å². The van der Waals surface area contributed by atoms with E-state index in [0.717, 1.165) is 32.2 Å². The second kappa shape index (κ2) is 8.35. The van der Waals surface area contributed by atoms with Crippen LogP contribution in [0.1, 0.15) is 65.2 Å². The van der Waals surface area contributed by atoms with Crippen LogP contribution in [-0.4, -0.2) is 38.0 Å². The fourth-order valence-corrected chi connectivity index (χ4v) is 3.36. The van der Waals surface area contributed by atoms with Gasteiger partial charge in [0.2, 0.25) is 0 Å². The lowest BCUT2D eigenvalue weighted by molar-refractivity contribution is -0.123. The molecular formula is C17H33NO2. The third-order valence-corrected chi connectivity index (χ3v) is 4.91. The zero-order chi connectivity index (χ0) is 14.3. The summed E-state index contributed by atoms with van der Waals surface area (Å²) in [5, 5.41) is 3.58. The van der Waals surface area contributed by atoms with Crippen LogP contribution in [-0.2, 0) is 9.47 Å². The van der Waals surface area contributed by atoms with Crippen molar-refractivity contribution in [1.82, 2.24) is 5.32 Å². The second-order valence-corrected chi connectivity index (χ2v) is 6.84. The zero-order valence-electron chi connectivity index (χ0n) is 13.5. The number of hydrogen-bond acceptors (Lipinski definition) is 3. The van der Waals surface area contributed by atoms with Gasteiger partial charge in [-0.2, -0.15) is 0 Å². The number of nitrogens with one attached hydrogen (secondary N) is 1. The molecule has 1 aliphatic heterocycles. The van der Waals surface area contributed by atoms with Crippen molar-refractivity contribution < 1.29 is 9.47 Å². The molecule has 0 aromatic rings. The van der Waals surface area contributed by atoms with Crippen LogP contribution in [0.3, 0.4) is 0 Å². The molecule has 1 atom stereocenters. The maximum atomic E-state index is 6.42. The lowest BCUT2D eigenvalue weighted by atomic mass is 9.79. The Kier molecular flexibility index (Phi) is 6.79. The van der Waals surface area contributed by atoms with Gasteiger partial charge < -0.3 is 14.8 Å². The van der Waals surface area contributed by atoms with E-state index in [2.05, 4.69) is 19.2 Å². The zero-order valence-corrected chi connectivity index (χ0v) is 13.5. The molecule has 1 N–H and O–H groups in total. The Morgan fingerprint density at radius 3 is 2.65 bits per heavy atom. The van der Waals surface area contributed by atoms with Crippen LogP contribution in [0.4, 0.5) is 0 Å². The highest BCUT2D eigenvalue weighted by molar-refractivity contribution is 4.89. The summed E-state index contributed by atoms with van der Waals surface area (Å²) in [6.07, 6.45) is 10.2. The molecule has 1 saturated heterocycles. The molecule has 1 aliphatic carbocycles. The SMILES string of the molecule is CCCNCC1(OCC2CCCCO2)CCC(C)CC1. The molecule has 2 fully saturated rings. The first kappa shape index (κ1) is 16.3. The van der Waals surface area contributed by atoms with E-state index < -0.39 is 0 Å². The summed E-state index contributed by atoms with van der Waals surface area (Å²) in [4.78, 5) is 0. The third kappa shape index (κ3) is 5.01. The summed E-state index contributed by atoms with van der Waals surface area (Å²) < 4.78 is 12.2. The van der Waals surface area contributed by atoms with Gasteiger partial charge >= 0.3 is 0 Å². The van der Waals surface area contributed by atoms with E-state index in [-0.39, 0.29) is 5.60 Å². The van der Waals surface area contributed by atoms with Gasteiger partial charge in [0.25, 0.3) is 0 Å². The third-order valence-electron chi connectivity index (χ3n) is 4.91. The van der Waals surface area contributed by atoms with Crippen LogP contribution in [0.25, 0.3) is 0 Å². The van der Waals surface area contributed by atoms with E-state index in [1.54, 1.807) is 0 Å². The highest BCUT2D eigenvalue weighted by Gasteiger charge is 2.35. The predicted molar refractivity (Wildman–Crippen MR) is 83.1 cm³/mol. The molecule has 0 spiro atoms. The number of hydrogen-bond donors (Lipinski definition) is 1. The van der Waals surface area contributed by atoms with Crippen molar-refractivity contribution in [2.75, 3.05) is 26.3 Å². The first-order valence-corrected chi connectivity index (χ1v) is 8.70. The van der Waals surface area contributed by atoms with Gasteiger partial charge in [-0.1, -0.05) is 13.8 Å². The molecule has 2 aliphatic rings. The quantitative estimate of drug-likeness (QED) is 0.725. The molecule has 1 unspecified atom stereocenters. The standard InChI is InChI=1S/C17H33NO2/c1-3-11-18-14-17(9-7-15(2)8-10-17)20-13-16-6-4-5-12-19-16/h15-16,18H,3-14H2,1-2H3. The molecule has 1 heterocycles. The van der Waals surface area contributed by atoms with E-state index in [9.17, 15) is 0 Å². The maximum Gasteiger partial charge on any atom is 0.0808 e. The van der Waals surface area contributed by atoms with E-state index >= 15 is 0 Å². The molecule has 0 aromatic heterocycles. The minimum Gasteiger partial charge on any atom is -0.376 e. The summed E-state index contributed by atoms with van der Waals surface area (Å²) in [5.74, 6) is 0.865. The fraction of sp³-hybridized carbons (Fsp3) is 1.00. The van der Waals surface area contributed by atoms with Gasteiger partial charge in [0.1, 0.15) is 0 Å². The van der Waals surface area contributed by atoms with Gasteiger partial charge in [-0.15, -0.1) is 0 Å². The summed E-state index contributed by atoms with van der Waals surface area (Å²) in [6.45, 7) is 8.42. The smallest absolute Gasteiger partial charge is 0.0808 e. The molecule has 3 heteroatoms. The van der Waals surface area contributed by atoms with Crippen molar-refractivity contribution in [1.29, 1.82) is 0 Å². The summed E-state index contributed by atoms with van der Waals surface area (Å²) in [5.41, 5.74) is 0.0719. The maximum absolute atomic E-state index is 6.42. The molecule has 20 heavy (non-hydrogen) atoms. The highest BCUT2D eigenvalue weighted by Crippen LogP contribution is 2.35. The van der Waals surface area contributed by atoms with Crippen LogP contribution in [0, 0.1) is 5.92 Å². The normalized spacial score (nSPS) is 35.1. The van der Waals surface area contributed by atoms with Gasteiger partial charge in [-0.3, -0.25) is 0 Å². The minimum atomic E-state index is 0.0719. The van der Waals surface area contributed by atoms with Gasteiger partial charge in [0.15, 0.2) is 0 Å². The van der Waals surface area contributed by atoms with Crippen molar-refractivity contribution in [3.05, 3.63) is 0 Å². The molecule has 0 radical (unpaired) electrons. The Morgan fingerprint density at radius 2 is 2.00 bits per heavy atom. The van der Waals surface area contributed by atoms with Gasteiger partial charge in [-0.25, -0.2) is 0 Å². The van der Waals surface area contributed by atoms with Crippen molar-refractivity contribution >= 4 is 0 Å². The van der Waals surface area contributed by atoms with Gasteiger partial charge in [0.05, 0.1) is 18.3 Å². The number of ether oxygens (including phenoxy) is 2. The average Bonchev–Trinajstić information content (AvgIpc) is 2.49. The van der Waals surface area contributed by atoms with Crippen molar-refractivity contribution in [3.8, 4) is 0 Å². The first-order chi connectivity index (χ1) is 9.74. The Morgan fingerprint density at radius 1 is 1.20 bits per heavy atom. The van der Waals surface area contributed by atoms with Crippen LogP contribution >= 0.6 is 0 Å². The Hall–Kier alpha value is -0.120. The predicted octanol–water partition coefficient (Wildman–Crippen LogP) is 3.52. The summed E-state index contributed by atoms with van der Waals surface area (Å²) in [6, 6.07) is 0. The Bertz CT molecular complexity index is 256. The molecular weight excluding hydrogens is 250 g/mol. The molecule has 1 saturated carbocycles. The van der Waals surface area contributed by atoms with Crippen LogP contribution in [0.5, 0.6) is 0 Å². The van der Waals surface area contributed by atoms with Crippen molar-refractivity contribution in [2.45, 2.75) is 76.9 Å². The molecule has 118 valence electrons. The lowest BCUT2D eigenvalue weighted by Crippen LogP contribution is -2.47. The fourth-order valence-electron chi connectivity index (χ4n) is 3.36. The highest BCUT2D eigenvalue weighted by atomic mass is 16.5. The minimum absolute atomic E-state index is 0.0719. The second-order valence-electron chi connectivity index (χ2n) is 6.84. The van der Waals surface area contributed by atoms with Gasteiger partial charge in [0, 0.05) is 13.2 Å². The molecule has 0 aromatic carbocycles. The average molecular weight is 283 g/mol. The largest absolute Gasteiger partial charge is 0.376 e. The molecule has 2 rings (SSSR count). The molecule has 3 nitrogen and oxygen atoms in total.